The number of aliphatic hydroxyl groups is 1. The lowest BCUT2D eigenvalue weighted by atomic mass is 10.1. The normalized spacial score (nSPS) is 10.6. The summed E-state index contributed by atoms with van der Waals surface area (Å²) in [5.74, 6) is -0.0737. The van der Waals surface area contributed by atoms with E-state index in [2.05, 4.69) is 4.98 Å². The highest BCUT2D eigenvalue weighted by Crippen LogP contribution is 2.19. The van der Waals surface area contributed by atoms with Gasteiger partial charge < -0.3 is 15.7 Å². The van der Waals surface area contributed by atoms with Gasteiger partial charge >= 0.3 is 0 Å². The van der Waals surface area contributed by atoms with Crippen LogP contribution in [0.2, 0.25) is 0 Å². The molecule has 0 bridgehead atoms. The number of nitrogens with zero attached hydrogens (tertiary/aromatic N) is 2. The van der Waals surface area contributed by atoms with Crippen LogP contribution in [0.3, 0.4) is 0 Å². The largest absolute Gasteiger partial charge is 0.397 e. The van der Waals surface area contributed by atoms with Gasteiger partial charge in [-0.2, -0.15) is 0 Å². The molecule has 0 spiro atoms. The molecule has 0 radical (unpaired) electrons. The number of aliphatic hydroxyl groups excluding tert-OH is 1. The fraction of sp³-hybridized carbons (Fsp3) is 0.286. The van der Waals surface area contributed by atoms with Gasteiger partial charge in [0.25, 0.3) is 0 Å². The van der Waals surface area contributed by atoms with Crippen molar-refractivity contribution in [2.24, 2.45) is 0 Å². The number of rotatable bonds is 4. The molecule has 2 rings (SSSR count). The smallest absolute Gasteiger partial charge is 0.228 e. The highest BCUT2D eigenvalue weighted by atomic mass is 16.3. The van der Waals surface area contributed by atoms with Crippen LogP contribution in [0.25, 0.3) is 10.9 Å². The Kier molecular flexibility index (Phi) is 3.97. The number of hydrogen-bond acceptors (Lipinski definition) is 4. The van der Waals surface area contributed by atoms with Gasteiger partial charge in [-0.1, -0.05) is 18.2 Å². The molecule has 0 aliphatic heterocycles. The van der Waals surface area contributed by atoms with Crippen molar-refractivity contribution in [2.45, 2.75) is 6.42 Å². The van der Waals surface area contributed by atoms with E-state index < -0.39 is 0 Å². The molecule has 0 aliphatic carbocycles. The van der Waals surface area contributed by atoms with Gasteiger partial charge in [0.05, 0.1) is 29.9 Å². The molecule has 0 saturated carbocycles. The summed E-state index contributed by atoms with van der Waals surface area (Å²) in [6.07, 6.45) is 0.209. The quantitative estimate of drug-likeness (QED) is 0.796. The summed E-state index contributed by atoms with van der Waals surface area (Å²) in [5, 5.41) is 9.76. The topological polar surface area (TPSA) is 79.5 Å². The fourth-order valence-corrected chi connectivity index (χ4v) is 1.87. The van der Waals surface area contributed by atoms with E-state index in [1.54, 1.807) is 13.1 Å². The Hall–Kier alpha value is -2.14. The Balaban J connectivity index is 2.22. The fourth-order valence-electron chi connectivity index (χ4n) is 1.87. The Morgan fingerprint density at radius 2 is 2.16 bits per heavy atom. The number of nitrogen functional groups attached to an aromatic ring is 1. The molecular weight excluding hydrogens is 242 g/mol. The minimum atomic E-state index is -0.0737. The number of anilines is 1. The number of hydrogen-bond donors (Lipinski definition) is 2. The van der Waals surface area contributed by atoms with Crippen LogP contribution < -0.4 is 5.73 Å². The molecule has 5 nitrogen and oxygen atoms in total. The third kappa shape index (κ3) is 3.00. The predicted octanol–water partition coefficient (Wildman–Crippen LogP) is 0.810. The number of amides is 1. The molecule has 0 fully saturated rings. The van der Waals surface area contributed by atoms with Crippen molar-refractivity contribution in [3.05, 3.63) is 36.0 Å². The van der Waals surface area contributed by atoms with Crippen molar-refractivity contribution in [1.29, 1.82) is 0 Å². The summed E-state index contributed by atoms with van der Waals surface area (Å²) in [7, 11) is 1.66. The summed E-state index contributed by atoms with van der Waals surface area (Å²) >= 11 is 0. The minimum Gasteiger partial charge on any atom is -0.397 e. The molecule has 2 aromatic rings. The number of fused-ring (bicyclic) bond motifs is 1. The Morgan fingerprint density at radius 3 is 2.89 bits per heavy atom. The first-order valence-corrected chi connectivity index (χ1v) is 6.11. The summed E-state index contributed by atoms with van der Waals surface area (Å²) in [6, 6.07) is 9.33. The standard InChI is InChI=1S/C14H17N3O2/c1-17(7-8-18)13(19)9-11-6-5-10-3-2-4-12(15)14(10)16-11/h2-6,18H,7-9,15H2,1H3. The van der Waals surface area contributed by atoms with Gasteiger partial charge in [0.1, 0.15) is 0 Å². The summed E-state index contributed by atoms with van der Waals surface area (Å²) in [4.78, 5) is 17.8. The van der Waals surface area contributed by atoms with Gasteiger partial charge in [-0.15, -0.1) is 0 Å². The molecule has 1 aromatic heterocycles. The molecule has 0 aliphatic rings. The van der Waals surface area contributed by atoms with Crippen molar-refractivity contribution in [3.8, 4) is 0 Å². The number of para-hydroxylation sites is 1. The summed E-state index contributed by atoms with van der Waals surface area (Å²) in [5.41, 5.74) is 7.88. The molecule has 1 heterocycles. The molecule has 0 atom stereocenters. The maximum absolute atomic E-state index is 11.9. The molecule has 0 saturated heterocycles. The van der Waals surface area contributed by atoms with Crippen molar-refractivity contribution >= 4 is 22.5 Å². The van der Waals surface area contributed by atoms with E-state index in [1.807, 2.05) is 24.3 Å². The third-order valence-corrected chi connectivity index (χ3v) is 3.00. The van der Waals surface area contributed by atoms with Crippen LogP contribution in [0.15, 0.2) is 30.3 Å². The van der Waals surface area contributed by atoms with Crippen LogP contribution in [-0.2, 0) is 11.2 Å². The zero-order chi connectivity index (χ0) is 13.8. The van der Waals surface area contributed by atoms with E-state index in [4.69, 9.17) is 10.8 Å². The zero-order valence-electron chi connectivity index (χ0n) is 10.8. The van der Waals surface area contributed by atoms with Crippen LogP contribution in [-0.4, -0.2) is 41.1 Å². The monoisotopic (exact) mass is 259 g/mol. The minimum absolute atomic E-state index is 0.0413. The van der Waals surface area contributed by atoms with E-state index in [9.17, 15) is 4.79 Å². The maximum Gasteiger partial charge on any atom is 0.228 e. The van der Waals surface area contributed by atoms with Crippen LogP contribution in [0.4, 0.5) is 5.69 Å². The van der Waals surface area contributed by atoms with Gasteiger partial charge in [-0.3, -0.25) is 9.78 Å². The number of nitrogens with two attached hydrogens (primary N) is 1. The van der Waals surface area contributed by atoms with Gasteiger partial charge in [0.15, 0.2) is 0 Å². The van der Waals surface area contributed by atoms with Crippen LogP contribution >= 0.6 is 0 Å². The van der Waals surface area contributed by atoms with Crippen LogP contribution in [0.1, 0.15) is 5.69 Å². The molecule has 19 heavy (non-hydrogen) atoms. The van der Waals surface area contributed by atoms with Gasteiger partial charge in [0.2, 0.25) is 5.91 Å². The third-order valence-electron chi connectivity index (χ3n) is 3.00. The number of benzene rings is 1. The Morgan fingerprint density at radius 1 is 1.37 bits per heavy atom. The van der Waals surface area contributed by atoms with Crippen molar-refractivity contribution in [3.63, 3.8) is 0 Å². The molecular formula is C14H17N3O2. The lowest BCUT2D eigenvalue weighted by Gasteiger charge is -2.15. The summed E-state index contributed by atoms with van der Waals surface area (Å²) in [6.45, 7) is 0.287. The molecule has 0 unspecified atom stereocenters. The lowest BCUT2D eigenvalue weighted by Crippen LogP contribution is -2.30. The Labute approximate surface area is 111 Å². The second kappa shape index (κ2) is 5.67. The van der Waals surface area contributed by atoms with Gasteiger partial charge in [-0.05, 0) is 12.1 Å². The Bertz CT molecular complexity index is 598. The number of carbonyl (C=O) groups excluding carboxylic acids is 1. The first-order valence-electron chi connectivity index (χ1n) is 6.11. The predicted molar refractivity (Wildman–Crippen MR) is 74.6 cm³/mol. The van der Waals surface area contributed by atoms with E-state index >= 15 is 0 Å². The van der Waals surface area contributed by atoms with Crippen LogP contribution in [0, 0.1) is 0 Å². The number of aromatic nitrogens is 1. The number of carbonyl (C=O) groups is 1. The second-order valence-electron chi connectivity index (χ2n) is 4.44. The van der Waals surface area contributed by atoms with E-state index in [1.165, 1.54) is 4.90 Å². The maximum atomic E-state index is 11.9. The average Bonchev–Trinajstić information content (AvgIpc) is 2.40. The van der Waals surface area contributed by atoms with Crippen molar-refractivity contribution in [2.75, 3.05) is 25.9 Å². The highest BCUT2D eigenvalue weighted by molar-refractivity contribution is 5.89. The van der Waals surface area contributed by atoms with Crippen molar-refractivity contribution < 1.29 is 9.90 Å². The molecule has 3 N–H and O–H groups in total. The van der Waals surface area contributed by atoms with Gasteiger partial charge in [-0.25, -0.2) is 0 Å². The SMILES string of the molecule is CN(CCO)C(=O)Cc1ccc2cccc(N)c2n1. The van der Waals surface area contributed by atoms with E-state index in [0.717, 1.165) is 10.9 Å². The lowest BCUT2D eigenvalue weighted by molar-refractivity contribution is -0.129. The van der Waals surface area contributed by atoms with Gasteiger partial charge in [0, 0.05) is 19.0 Å². The number of pyridine rings is 1. The summed E-state index contributed by atoms with van der Waals surface area (Å²) < 4.78 is 0. The average molecular weight is 259 g/mol. The van der Waals surface area contributed by atoms with Crippen molar-refractivity contribution in [1.82, 2.24) is 9.88 Å². The first-order chi connectivity index (χ1) is 9.11. The second-order valence-corrected chi connectivity index (χ2v) is 4.44. The van der Waals surface area contributed by atoms with E-state index in [0.29, 0.717) is 17.9 Å². The van der Waals surface area contributed by atoms with Crippen LogP contribution in [0.5, 0.6) is 0 Å². The molecule has 1 aromatic carbocycles. The highest BCUT2D eigenvalue weighted by Gasteiger charge is 2.10. The zero-order valence-corrected chi connectivity index (χ0v) is 10.8. The first kappa shape index (κ1) is 13.3. The molecule has 1 amide bonds. The number of likely N-dealkylation sites (N-methyl/N-ethyl adjacent to an activating group) is 1. The molecule has 5 heteroatoms. The van der Waals surface area contributed by atoms with E-state index in [-0.39, 0.29) is 18.9 Å². The molecule has 100 valence electrons.